The molecule has 2 aromatic rings. The van der Waals surface area contributed by atoms with E-state index in [1.165, 1.54) is 17.0 Å². The summed E-state index contributed by atoms with van der Waals surface area (Å²) in [4.78, 5) is 4.34. The summed E-state index contributed by atoms with van der Waals surface area (Å²) in [6.07, 6.45) is 1.86. The van der Waals surface area contributed by atoms with Gasteiger partial charge in [0.2, 0.25) is 0 Å². The van der Waals surface area contributed by atoms with Crippen LogP contribution in [0.1, 0.15) is 41.8 Å². The van der Waals surface area contributed by atoms with Gasteiger partial charge in [-0.15, -0.1) is 11.3 Å². The normalized spacial score (nSPS) is 12.9. The molecule has 0 fully saturated rings. The van der Waals surface area contributed by atoms with E-state index in [-0.39, 0.29) is 0 Å². The van der Waals surface area contributed by atoms with Crippen LogP contribution in [-0.2, 0) is 13.1 Å². The molecule has 2 aromatic heterocycles. The molecule has 0 saturated heterocycles. The molecule has 0 saturated carbocycles. The largest absolute Gasteiger partial charge is 0.349 e. The van der Waals surface area contributed by atoms with E-state index < -0.39 is 0 Å². The van der Waals surface area contributed by atoms with Crippen molar-refractivity contribution in [2.75, 3.05) is 0 Å². The van der Waals surface area contributed by atoms with Gasteiger partial charge >= 0.3 is 0 Å². The first-order chi connectivity index (χ1) is 8.63. The highest BCUT2D eigenvalue weighted by Crippen LogP contribution is 2.18. The molecule has 4 heteroatoms. The molecule has 0 spiro atoms. The molecule has 0 aromatic carbocycles. The van der Waals surface area contributed by atoms with Crippen molar-refractivity contribution < 1.29 is 0 Å². The van der Waals surface area contributed by atoms with Crippen LogP contribution in [-0.4, -0.2) is 9.55 Å². The number of aromatic nitrogens is 2. The second-order valence-electron chi connectivity index (χ2n) is 4.61. The minimum Gasteiger partial charge on any atom is -0.349 e. The second-order valence-corrected chi connectivity index (χ2v) is 5.54. The van der Waals surface area contributed by atoms with Crippen LogP contribution in [0.3, 0.4) is 0 Å². The molecule has 98 valence electrons. The lowest BCUT2D eigenvalue weighted by Gasteiger charge is -2.11. The zero-order valence-corrected chi connectivity index (χ0v) is 12.3. The minimum atomic E-state index is 0.315. The van der Waals surface area contributed by atoms with Gasteiger partial charge in [0.05, 0.1) is 6.04 Å². The summed E-state index contributed by atoms with van der Waals surface area (Å²) in [5.41, 5.74) is 4.10. The molecule has 0 amide bonds. The van der Waals surface area contributed by atoms with Crippen LogP contribution in [0, 0.1) is 13.8 Å². The van der Waals surface area contributed by atoms with Crippen molar-refractivity contribution in [3.63, 3.8) is 0 Å². The van der Waals surface area contributed by atoms with E-state index in [2.05, 4.69) is 48.6 Å². The zero-order valence-electron chi connectivity index (χ0n) is 11.5. The molecule has 2 rings (SSSR count). The molecule has 1 atom stereocenters. The Morgan fingerprint density at radius 2 is 2.22 bits per heavy atom. The molecule has 3 nitrogen and oxygen atoms in total. The van der Waals surface area contributed by atoms with Crippen LogP contribution in [0.15, 0.2) is 17.6 Å². The van der Waals surface area contributed by atoms with Crippen LogP contribution in [0.25, 0.3) is 0 Å². The minimum absolute atomic E-state index is 0.315. The second kappa shape index (κ2) is 5.67. The van der Waals surface area contributed by atoms with E-state index in [9.17, 15) is 0 Å². The predicted molar refractivity (Wildman–Crippen MR) is 76.9 cm³/mol. The first-order valence-electron chi connectivity index (χ1n) is 6.41. The number of hydrogen-bond donors (Lipinski definition) is 1. The Bertz CT molecular complexity index is 499. The van der Waals surface area contributed by atoms with Crippen molar-refractivity contribution in [3.05, 3.63) is 39.6 Å². The molecule has 18 heavy (non-hydrogen) atoms. The Morgan fingerprint density at radius 1 is 1.44 bits per heavy atom. The Morgan fingerprint density at radius 3 is 2.78 bits per heavy atom. The summed E-state index contributed by atoms with van der Waals surface area (Å²) >= 11 is 1.70. The fourth-order valence-electron chi connectivity index (χ4n) is 2.34. The van der Waals surface area contributed by atoms with Gasteiger partial charge in [-0.1, -0.05) is 0 Å². The fraction of sp³-hybridized carbons (Fsp3) is 0.500. The first kappa shape index (κ1) is 13.3. The average Bonchev–Trinajstić information content (AvgIpc) is 2.95. The number of nitrogens with one attached hydrogen (secondary N) is 1. The van der Waals surface area contributed by atoms with Gasteiger partial charge in [0.15, 0.2) is 0 Å². The molecule has 0 bridgehead atoms. The molecule has 0 aliphatic carbocycles. The monoisotopic (exact) mass is 263 g/mol. The molecular formula is C14H21N3S. The molecule has 1 N–H and O–H groups in total. The maximum atomic E-state index is 4.34. The van der Waals surface area contributed by atoms with E-state index in [4.69, 9.17) is 0 Å². The van der Waals surface area contributed by atoms with Crippen molar-refractivity contribution >= 4 is 11.3 Å². The van der Waals surface area contributed by atoms with Gasteiger partial charge in [-0.05, 0) is 39.3 Å². The molecule has 0 radical (unpaired) electrons. The number of aryl methyl sites for hydroxylation is 1. The van der Waals surface area contributed by atoms with Crippen LogP contribution >= 0.6 is 11.3 Å². The maximum absolute atomic E-state index is 4.34. The SMILES string of the molecule is CCn1c(C)cc(CNC(C)c2nccs2)c1C. The number of nitrogens with zero attached hydrogens (tertiary/aromatic N) is 2. The lowest BCUT2D eigenvalue weighted by Crippen LogP contribution is -2.18. The zero-order chi connectivity index (χ0) is 13.1. The van der Waals surface area contributed by atoms with Crippen molar-refractivity contribution in [1.29, 1.82) is 0 Å². The first-order valence-corrected chi connectivity index (χ1v) is 7.29. The summed E-state index contributed by atoms with van der Waals surface area (Å²) in [6.45, 7) is 10.7. The van der Waals surface area contributed by atoms with E-state index >= 15 is 0 Å². The van der Waals surface area contributed by atoms with Gasteiger partial charge in [0, 0.05) is 36.1 Å². The third-order valence-corrected chi connectivity index (χ3v) is 4.37. The lowest BCUT2D eigenvalue weighted by atomic mass is 10.2. The Balaban J connectivity index is 2.02. The van der Waals surface area contributed by atoms with E-state index in [1.54, 1.807) is 11.3 Å². The van der Waals surface area contributed by atoms with Gasteiger partial charge in [-0.2, -0.15) is 0 Å². The summed E-state index contributed by atoms with van der Waals surface area (Å²) in [5, 5.41) is 6.72. The van der Waals surface area contributed by atoms with Gasteiger partial charge in [-0.3, -0.25) is 0 Å². The van der Waals surface area contributed by atoms with Crippen molar-refractivity contribution in [2.45, 2.75) is 46.8 Å². The average molecular weight is 263 g/mol. The third kappa shape index (κ3) is 2.65. The molecule has 0 aliphatic rings. The van der Waals surface area contributed by atoms with E-state index in [0.29, 0.717) is 6.04 Å². The van der Waals surface area contributed by atoms with Gasteiger partial charge in [0.1, 0.15) is 5.01 Å². The van der Waals surface area contributed by atoms with Crippen molar-refractivity contribution in [3.8, 4) is 0 Å². The lowest BCUT2D eigenvalue weighted by molar-refractivity contribution is 0.569. The van der Waals surface area contributed by atoms with Gasteiger partial charge in [0.25, 0.3) is 0 Å². The predicted octanol–water partition coefficient (Wildman–Crippen LogP) is 3.43. The molecule has 2 heterocycles. The summed E-state index contributed by atoms with van der Waals surface area (Å²) in [6, 6.07) is 2.59. The van der Waals surface area contributed by atoms with Crippen LogP contribution in [0.4, 0.5) is 0 Å². The third-order valence-electron chi connectivity index (χ3n) is 3.42. The highest BCUT2D eigenvalue weighted by atomic mass is 32.1. The highest BCUT2D eigenvalue weighted by molar-refractivity contribution is 7.09. The van der Waals surface area contributed by atoms with E-state index in [1.807, 2.05) is 11.6 Å². The van der Waals surface area contributed by atoms with Crippen LogP contribution in [0.5, 0.6) is 0 Å². The smallest absolute Gasteiger partial charge is 0.109 e. The summed E-state index contributed by atoms with van der Waals surface area (Å²) < 4.78 is 2.35. The van der Waals surface area contributed by atoms with Crippen LogP contribution < -0.4 is 5.32 Å². The molecule has 1 unspecified atom stereocenters. The van der Waals surface area contributed by atoms with Crippen molar-refractivity contribution in [2.24, 2.45) is 0 Å². The van der Waals surface area contributed by atoms with Crippen molar-refractivity contribution in [1.82, 2.24) is 14.9 Å². The maximum Gasteiger partial charge on any atom is 0.109 e. The topological polar surface area (TPSA) is 29.9 Å². The standard InChI is InChI=1S/C14H21N3S/c1-5-17-10(2)8-13(12(17)4)9-16-11(3)14-15-6-7-18-14/h6-8,11,16H,5,9H2,1-4H3. The Hall–Kier alpha value is -1.13. The Kier molecular flexibility index (Phi) is 4.19. The number of hydrogen-bond acceptors (Lipinski definition) is 3. The van der Waals surface area contributed by atoms with Crippen LogP contribution in [0.2, 0.25) is 0 Å². The van der Waals surface area contributed by atoms with Gasteiger partial charge in [-0.25, -0.2) is 4.98 Å². The Labute approximate surface area is 113 Å². The quantitative estimate of drug-likeness (QED) is 0.895. The fourth-order valence-corrected chi connectivity index (χ4v) is 3.01. The molecular weight excluding hydrogens is 242 g/mol. The van der Waals surface area contributed by atoms with Gasteiger partial charge < -0.3 is 9.88 Å². The van der Waals surface area contributed by atoms with E-state index in [0.717, 1.165) is 18.1 Å². The highest BCUT2D eigenvalue weighted by Gasteiger charge is 2.11. The summed E-state index contributed by atoms with van der Waals surface area (Å²) in [7, 11) is 0. The number of thiazole rings is 1. The molecule has 0 aliphatic heterocycles. The summed E-state index contributed by atoms with van der Waals surface area (Å²) in [5.74, 6) is 0. The number of rotatable bonds is 5.